The van der Waals surface area contributed by atoms with Crippen molar-refractivity contribution < 1.29 is 13.6 Å². The molecule has 5 heteroatoms. The fourth-order valence-corrected chi connectivity index (χ4v) is 1.52. The fraction of sp³-hybridized carbons (Fsp3) is 0.167. The van der Waals surface area contributed by atoms with Gasteiger partial charge in [-0.05, 0) is 23.8 Å². The second-order valence-corrected chi connectivity index (χ2v) is 3.74. The summed E-state index contributed by atoms with van der Waals surface area (Å²) in [5.41, 5.74) is 0.440. The van der Waals surface area contributed by atoms with Crippen LogP contribution in [0.4, 0.5) is 8.78 Å². The molecule has 0 aliphatic rings. The number of Topliss-reactive ketones (excluding diaryl/α,β-unsaturated/α-hetero) is 1. The van der Waals surface area contributed by atoms with Gasteiger partial charge in [-0.3, -0.25) is 9.48 Å². The van der Waals surface area contributed by atoms with Crippen molar-refractivity contribution in [2.45, 2.75) is 6.42 Å². The maximum absolute atomic E-state index is 13.3. The highest BCUT2D eigenvalue weighted by molar-refractivity contribution is 5.97. The summed E-state index contributed by atoms with van der Waals surface area (Å²) in [7, 11) is 1.68. The van der Waals surface area contributed by atoms with E-state index in [0.29, 0.717) is 5.56 Å². The van der Waals surface area contributed by atoms with Crippen molar-refractivity contribution in [1.82, 2.24) is 9.78 Å². The molecule has 17 heavy (non-hydrogen) atoms. The lowest BCUT2D eigenvalue weighted by molar-refractivity contribution is 0.0991. The number of aryl methyl sites for hydroxylation is 1. The van der Waals surface area contributed by atoms with Crippen molar-refractivity contribution in [3.8, 4) is 0 Å². The van der Waals surface area contributed by atoms with E-state index in [9.17, 15) is 13.6 Å². The monoisotopic (exact) mass is 236 g/mol. The van der Waals surface area contributed by atoms with Crippen LogP contribution in [0.2, 0.25) is 0 Å². The second kappa shape index (κ2) is 4.45. The van der Waals surface area contributed by atoms with Crippen LogP contribution in [0.5, 0.6) is 0 Å². The minimum Gasteiger partial charge on any atom is -0.294 e. The average molecular weight is 236 g/mol. The van der Waals surface area contributed by atoms with Crippen molar-refractivity contribution in [2.75, 3.05) is 0 Å². The molecule has 88 valence electrons. The van der Waals surface area contributed by atoms with Gasteiger partial charge in [-0.2, -0.15) is 5.10 Å². The van der Waals surface area contributed by atoms with Gasteiger partial charge in [0.15, 0.2) is 5.78 Å². The molecule has 0 radical (unpaired) electrons. The Bertz CT molecular complexity index is 563. The Morgan fingerprint density at radius 3 is 2.82 bits per heavy atom. The van der Waals surface area contributed by atoms with Crippen LogP contribution in [-0.2, 0) is 13.5 Å². The zero-order chi connectivity index (χ0) is 12.4. The molecular formula is C12H10F2N2O. The van der Waals surface area contributed by atoms with Gasteiger partial charge >= 0.3 is 0 Å². The van der Waals surface area contributed by atoms with Crippen LogP contribution in [0.25, 0.3) is 0 Å². The number of halogens is 2. The molecule has 0 bridgehead atoms. The van der Waals surface area contributed by atoms with E-state index in [2.05, 4.69) is 5.10 Å². The number of carbonyl (C=O) groups is 1. The summed E-state index contributed by atoms with van der Waals surface area (Å²) in [6.07, 6.45) is 2.77. The summed E-state index contributed by atoms with van der Waals surface area (Å²) in [6, 6.07) is 3.07. The first-order valence-electron chi connectivity index (χ1n) is 5.02. The number of rotatable bonds is 3. The number of hydrogen-bond acceptors (Lipinski definition) is 2. The third-order valence-electron chi connectivity index (χ3n) is 2.39. The number of nitrogens with zero attached hydrogens (tertiary/aromatic N) is 2. The summed E-state index contributed by atoms with van der Waals surface area (Å²) >= 11 is 0. The molecule has 0 saturated carbocycles. The Hall–Kier alpha value is -2.04. The van der Waals surface area contributed by atoms with Crippen LogP contribution in [0.15, 0.2) is 30.6 Å². The SMILES string of the molecule is Cn1cc(C(=O)Cc2cc(F)ccc2F)cn1. The first-order chi connectivity index (χ1) is 8.06. The van der Waals surface area contributed by atoms with Gasteiger partial charge in [0.1, 0.15) is 11.6 Å². The van der Waals surface area contributed by atoms with E-state index in [4.69, 9.17) is 0 Å². The van der Waals surface area contributed by atoms with E-state index in [1.165, 1.54) is 10.9 Å². The Labute approximate surface area is 96.7 Å². The van der Waals surface area contributed by atoms with Gasteiger partial charge in [-0.1, -0.05) is 0 Å². The number of benzene rings is 1. The maximum Gasteiger partial charge on any atom is 0.170 e. The molecular weight excluding hydrogens is 226 g/mol. The van der Waals surface area contributed by atoms with Crippen LogP contribution >= 0.6 is 0 Å². The number of carbonyl (C=O) groups excluding carboxylic acids is 1. The van der Waals surface area contributed by atoms with Crippen LogP contribution in [0.3, 0.4) is 0 Å². The molecule has 0 aliphatic heterocycles. The molecule has 0 amide bonds. The Kier molecular flexibility index (Phi) is 2.99. The predicted molar refractivity (Wildman–Crippen MR) is 57.6 cm³/mol. The van der Waals surface area contributed by atoms with Crippen LogP contribution in [0, 0.1) is 11.6 Å². The number of aromatic nitrogens is 2. The smallest absolute Gasteiger partial charge is 0.170 e. The normalized spacial score (nSPS) is 10.5. The lowest BCUT2D eigenvalue weighted by atomic mass is 10.1. The minimum atomic E-state index is -0.580. The maximum atomic E-state index is 13.3. The summed E-state index contributed by atoms with van der Waals surface area (Å²) in [4.78, 5) is 11.7. The van der Waals surface area contributed by atoms with E-state index in [1.807, 2.05) is 0 Å². The summed E-state index contributed by atoms with van der Waals surface area (Å²) < 4.78 is 27.7. The predicted octanol–water partition coefficient (Wildman–Crippen LogP) is 2.12. The summed E-state index contributed by atoms with van der Waals surface area (Å²) in [5.74, 6) is -1.42. The van der Waals surface area contributed by atoms with E-state index in [1.54, 1.807) is 13.2 Å². The third-order valence-corrected chi connectivity index (χ3v) is 2.39. The molecule has 0 unspecified atom stereocenters. The first kappa shape index (κ1) is 11.4. The highest BCUT2D eigenvalue weighted by atomic mass is 19.1. The van der Waals surface area contributed by atoms with Crippen LogP contribution < -0.4 is 0 Å². The molecule has 0 atom stereocenters. The molecule has 1 aromatic carbocycles. The summed E-state index contributed by atoms with van der Waals surface area (Å²) in [5, 5.41) is 3.85. The highest BCUT2D eigenvalue weighted by Gasteiger charge is 2.12. The second-order valence-electron chi connectivity index (χ2n) is 3.74. The molecule has 1 heterocycles. The molecule has 3 nitrogen and oxygen atoms in total. The van der Waals surface area contributed by atoms with Gasteiger partial charge in [0.2, 0.25) is 0 Å². The van der Waals surface area contributed by atoms with Crippen molar-refractivity contribution in [3.05, 3.63) is 53.4 Å². The van der Waals surface area contributed by atoms with Gasteiger partial charge in [-0.15, -0.1) is 0 Å². The Balaban J connectivity index is 2.21. The molecule has 0 N–H and O–H groups in total. The van der Waals surface area contributed by atoms with Crippen LogP contribution in [0.1, 0.15) is 15.9 Å². The van der Waals surface area contributed by atoms with Crippen molar-refractivity contribution in [2.24, 2.45) is 7.05 Å². The van der Waals surface area contributed by atoms with Gasteiger partial charge in [0, 0.05) is 19.7 Å². The molecule has 1 aromatic heterocycles. The zero-order valence-corrected chi connectivity index (χ0v) is 9.15. The quantitative estimate of drug-likeness (QED) is 0.765. The molecule has 0 saturated heterocycles. The van der Waals surface area contributed by atoms with Crippen molar-refractivity contribution in [3.63, 3.8) is 0 Å². The minimum absolute atomic E-state index is 0.0545. The molecule has 2 rings (SSSR count). The van der Waals surface area contributed by atoms with Crippen molar-refractivity contribution in [1.29, 1.82) is 0 Å². The number of ketones is 1. The average Bonchev–Trinajstić information content (AvgIpc) is 2.70. The largest absolute Gasteiger partial charge is 0.294 e. The molecule has 0 spiro atoms. The summed E-state index contributed by atoms with van der Waals surface area (Å²) in [6.45, 7) is 0. The highest BCUT2D eigenvalue weighted by Crippen LogP contribution is 2.13. The van der Waals surface area contributed by atoms with E-state index >= 15 is 0 Å². The van der Waals surface area contributed by atoms with Gasteiger partial charge in [0.05, 0.1) is 11.8 Å². The lowest BCUT2D eigenvalue weighted by Crippen LogP contribution is -2.04. The zero-order valence-electron chi connectivity index (χ0n) is 9.15. The molecule has 2 aromatic rings. The van der Waals surface area contributed by atoms with Gasteiger partial charge < -0.3 is 0 Å². The Morgan fingerprint density at radius 1 is 1.41 bits per heavy atom. The topological polar surface area (TPSA) is 34.9 Å². The first-order valence-corrected chi connectivity index (χ1v) is 5.02. The fourth-order valence-electron chi connectivity index (χ4n) is 1.52. The van der Waals surface area contributed by atoms with Gasteiger partial charge in [0.25, 0.3) is 0 Å². The van der Waals surface area contributed by atoms with E-state index < -0.39 is 11.6 Å². The van der Waals surface area contributed by atoms with Gasteiger partial charge in [-0.25, -0.2) is 8.78 Å². The van der Waals surface area contributed by atoms with E-state index in [-0.39, 0.29) is 17.8 Å². The molecule has 0 aliphatic carbocycles. The molecule has 0 fully saturated rings. The third kappa shape index (κ3) is 2.55. The van der Waals surface area contributed by atoms with Crippen molar-refractivity contribution >= 4 is 5.78 Å². The Morgan fingerprint density at radius 2 is 2.18 bits per heavy atom. The van der Waals surface area contributed by atoms with Crippen LogP contribution in [-0.4, -0.2) is 15.6 Å². The van der Waals surface area contributed by atoms with E-state index in [0.717, 1.165) is 18.2 Å². The standard InChI is InChI=1S/C12H10F2N2O/c1-16-7-9(6-15-16)12(17)5-8-4-10(13)2-3-11(8)14/h2-4,6-7H,5H2,1H3. The number of hydrogen-bond donors (Lipinski definition) is 0. The lowest BCUT2D eigenvalue weighted by Gasteiger charge is -2.01.